The Bertz CT molecular complexity index is 723. The number of nitrogen functional groups attached to an aromatic ring is 1. The smallest absolute Gasteiger partial charge is 0.127 e. The number of pyridine rings is 1. The molecule has 0 bridgehead atoms. The van der Waals surface area contributed by atoms with Crippen LogP contribution < -0.4 is 5.73 Å². The Hall–Kier alpha value is -2.06. The molecule has 0 aliphatic rings. The van der Waals surface area contributed by atoms with E-state index >= 15 is 0 Å². The third kappa shape index (κ3) is 2.54. The normalized spacial score (nSPS) is 10.8. The van der Waals surface area contributed by atoms with Crippen molar-refractivity contribution < 1.29 is 0 Å². The van der Waals surface area contributed by atoms with Crippen molar-refractivity contribution in [3.05, 3.63) is 70.7 Å². The third-order valence-corrected chi connectivity index (χ3v) is 3.36. The van der Waals surface area contributed by atoms with E-state index in [4.69, 9.17) is 17.3 Å². The van der Waals surface area contributed by atoms with Crippen LogP contribution in [0.1, 0.15) is 11.1 Å². The van der Waals surface area contributed by atoms with Gasteiger partial charge in [0, 0.05) is 16.8 Å². The average Bonchev–Trinajstić information content (AvgIpc) is 2.41. The molecular formula is C16H13ClN2. The summed E-state index contributed by atoms with van der Waals surface area (Å²) in [5, 5.41) is 1.73. The van der Waals surface area contributed by atoms with Crippen LogP contribution in [0.15, 0.2) is 54.6 Å². The van der Waals surface area contributed by atoms with Crippen LogP contribution in [0.25, 0.3) is 10.9 Å². The molecule has 3 rings (SSSR count). The highest BCUT2D eigenvalue weighted by atomic mass is 35.5. The number of nitrogens with zero attached hydrogens (tertiary/aromatic N) is 1. The van der Waals surface area contributed by atoms with Gasteiger partial charge in [-0.05, 0) is 35.4 Å². The first-order valence-corrected chi connectivity index (χ1v) is 6.49. The number of benzene rings is 2. The molecule has 0 saturated carbocycles. The molecule has 0 spiro atoms. The number of halogens is 1. The monoisotopic (exact) mass is 268 g/mol. The van der Waals surface area contributed by atoms with Crippen molar-refractivity contribution in [2.24, 2.45) is 0 Å². The molecule has 3 heteroatoms. The van der Waals surface area contributed by atoms with Gasteiger partial charge < -0.3 is 5.73 Å². The second-order valence-electron chi connectivity index (χ2n) is 4.53. The Kier molecular flexibility index (Phi) is 3.10. The fourth-order valence-corrected chi connectivity index (χ4v) is 2.34. The maximum atomic E-state index is 6.03. The molecule has 1 heterocycles. The van der Waals surface area contributed by atoms with Crippen LogP contribution in [-0.2, 0) is 6.42 Å². The van der Waals surface area contributed by atoms with E-state index in [1.165, 1.54) is 5.56 Å². The minimum Gasteiger partial charge on any atom is -0.383 e. The number of hydrogen-bond acceptors (Lipinski definition) is 2. The summed E-state index contributed by atoms with van der Waals surface area (Å²) in [6, 6.07) is 17.9. The summed E-state index contributed by atoms with van der Waals surface area (Å²) < 4.78 is 0. The molecule has 0 fully saturated rings. The third-order valence-electron chi connectivity index (χ3n) is 3.13. The molecule has 3 aromatic rings. The van der Waals surface area contributed by atoms with E-state index in [9.17, 15) is 0 Å². The summed E-state index contributed by atoms with van der Waals surface area (Å²) in [4.78, 5) is 4.43. The van der Waals surface area contributed by atoms with Crippen LogP contribution in [0.3, 0.4) is 0 Å². The summed E-state index contributed by atoms with van der Waals surface area (Å²) in [6.07, 6.45) is 0.780. The molecule has 19 heavy (non-hydrogen) atoms. The van der Waals surface area contributed by atoms with Gasteiger partial charge in [0.05, 0.1) is 5.52 Å². The highest BCUT2D eigenvalue weighted by molar-refractivity contribution is 6.31. The predicted molar refractivity (Wildman–Crippen MR) is 80.4 cm³/mol. The fraction of sp³-hybridized carbons (Fsp3) is 0.0625. The fourth-order valence-electron chi connectivity index (χ4n) is 2.16. The SMILES string of the molecule is Nc1nc2ccc(Cl)cc2cc1Cc1ccccc1. The molecule has 0 radical (unpaired) electrons. The van der Waals surface area contributed by atoms with Crippen molar-refractivity contribution >= 4 is 28.3 Å². The molecule has 0 saturated heterocycles. The van der Waals surface area contributed by atoms with Crippen molar-refractivity contribution in [1.29, 1.82) is 0 Å². The van der Waals surface area contributed by atoms with Gasteiger partial charge in [-0.2, -0.15) is 0 Å². The van der Waals surface area contributed by atoms with Crippen LogP contribution in [0, 0.1) is 0 Å². The maximum Gasteiger partial charge on any atom is 0.127 e. The summed E-state index contributed by atoms with van der Waals surface area (Å²) >= 11 is 6.01. The van der Waals surface area contributed by atoms with E-state index in [2.05, 4.69) is 23.2 Å². The minimum absolute atomic E-state index is 0.582. The van der Waals surface area contributed by atoms with E-state index in [1.807, 2.05) is 36.4 Å². The molecule has 2 N–H and O–H groups in total. The number of rotatable bonds is 2. The van der Waals surface area contributed by atoms with E-state index in [-0.39, 0.29) is 0 Å². The Morgan fingerprint density at radius 1 is 1.00 bits per heavy atom. The lowest BCUT2D eigenvalue weighted by Gasteiger charge is -2.07. The number of aromatic nitrogens is 1. The molecule has 0 amide bonds. The van der Waals surface area contributed by atoms with Gasteiger partial charge in [0.15, 0.2) is 0 Å². The van der Waals surface area contributed by atoms with Crippen LogP contribution >= 0.6 is 11.6 Å². The molecule has 0 aliphatic heterocycles. The van der Waals surface area contributed by atoms with Gasteiger partial charge in [-0.1, -0.05) is 41.9 Å². The Labute approximate surface area is 116 Å². The van der Waals surface area contributed by atoms with Gasteiger partial charge >= 0.3 is 0 Å². The largest absolute Gasteiger partial charge is 0.383 e. The second kappa shape index (κ2) is 4.90. The van der Waals surface area contributed by atoms with Gasteiger partial charge in [0.2, 0.25) is 0 Å². The number of hydrogen-bond donors (Lipinski definition) is 1. The van der Waals surface area contributed by atoms with E-state index in [0.717, 1.165) is 22.9 Å². The molecule has 94 valence electrons. The summed E-state index contributed by atoms with van der Waals surface area (Å²) in [5.41, 5.74) is 9.15. The first-order chi connectivity index (χ1) is 9.22. The van der Waals surface area contributed by atoms with E-state index < -0.39 is 0 Å². The first kappa shape index (κ1) is 12.0. The van der Waals surface area contributed by atoms with Gasteiger partial charge in [-0.3, -0.25) is 0 Å². The average molecular weight is 269 g/mol. The lowest BCUT2D eigenvalue weighted by molar-refractivity contribution is 1.17. The van der Waals surface area contributed by atoms with E-state index in [1.54, 1.807) is 0 Å². The number of nitrogens with two attached hydrogens (primary N) is 1. The zero-order chi connectivity index (χ0) is 13.2. The number of anilines is 1. The molecule has 0 unspecified atom stereocenters. The number of fused-ring (bicyclic) bond motifs is 1. The van der Waals surface area contributed by atoms with Crippen molar-refractivity contribution in [1.82, 2.24) is 4.98 Å². The van der Waals surface area contributed by atoms with Crippen molar-refractivity contribution in [2.45, 2.75) is 6.42 Å². The molecule has 0 atom stereocenters. The van der Waals surface area contributed by atoms with Crippen molar-refractivity contribution in [2.75, 3.05) is 5.73 Å². The Balaban J connectivity index is 2.06. The molecule has 1 aromatic heterocycles. The van der Waals surface area contributed by atoms with Gasteiger partial charge in [-0.25, -0.2) is 4.98 Å². The molecule has 0 aliphatic carbocycles. The summed E-state index contributed by atoms with van der Waals surface area (Å²) in [7, 11) is 0. The predicted octanol–water partition coefficient (Wildman–Crippen LogP) is 4.06. The quantitative estimate of drug-likeness (QED) is 0.761. The summed E-state index contributed by atoms with van der Waals surface area (Å²) in [6.45, 7) is 0. The molecule has 2 aromatic carbocycles. The minimum atomic E-state index is 0.582. The first-order valence-electron chi connectivity index (χ1n) is 6.11. The Morgan fingerprint density at radius 3 is 2.58 bits per heavy atom. The molecular weight excluding hydrogens is 256 g/mol. The van der Waals surface area contributed by atoms with Crippen LogP contribution in [-0.4, -0.2) is 4.98 Å². The second-order valence-corrected chi connectivity index (χ2v) is 4.97. The molecule has 2 nitrogen and oxygen atoms in total. The van der Waals surface area contributed by atoms with Gasteiger partial charge in [0.25, 0.3) is 0 Å². The van der Waals surface area contributed by atoms with Crippen molar-refractivity contribution in [3.63, 3.8) is 0 Å². The van der Waals surface area contributed by atoms with Crippen LogP contribution in [0.5, 0.6) is 0 Å². The lowest BCUT2D eigenvalue weighted by atomic mass is 10.0. The standard InChI is InChI=1S/C16H13ClN2/c17-14-6-7-15-12(10-14)9-13(16(18)19-15)8-11-4-2-1-3-5-11/h1-7,9-10H,8H2,(H2,18,19). The zero-order valence-electron chi connectivity index (χ0n) is 10.3. The summed E-state index contributed by atoms with van der Waals surface area (Å²) in [5.74, 6) is 0.582. The van der Waals surface area contributed by atoms with Gasteiger partial charge in [0.1, 0.15) is 5.82 Å². The zero-order valence-corrected chi connectivity index (χ0v) is 11.1. The highest BCUT2D eigenvalue weighted by Crippen LogP contribution is 2.23. The highest BCUT2D eigenvalue weighted by Gasteiger charge is 2.05. The Morgan fingerprint density at radius 2 is 1.79 bits per heavy atom. The van der Waals surface area contributed by atoms with Gasteiger partial charge in [-0.15, -0.1) is 0 Å². The van der Waals surface area contributed by atoms with Crippen LogP contribution in [0.4, 0.5) is 5.82 Å². The van der Waals surface area contributed by atoms with Crippen LogP contribution in [0.2, 0.25) is 5.02 Å². The topological polar surface area (TPSA) is 38.9 Å². The maximum absolute atomic E-state index is 6.03. The van der Waals surface area contributed by atoms with Crippen molar-refractivity contribution in [3.8, 4) is 0 Å². The lowest BCUT2D eigenvalue weighted by Crippen LogP contribution is -1.99. The van der Waals surface area contributed by atoms with E-state index in [0.29, 0.717) is 10.8 Å².